The lowest BCUT2D eigenvalue weighted by Crippen LogP contribution is -2.60. The maximum absolute atomic E-state index is 13.2. The van der Waals surface area contributed by atoms with Gasteiger partial charge in [0.2, 0.25) is 17.5 Å². The fourth-order valence-electron chi connectivity index (χ4n) is 3.51. The summed E-state index contributed by atoms with van der Waals surface area (Å²) in [7, 11) is 0. The minimum absolute atomic E-state index is 0.0201. The van der Waals surface area contributed by atoms with Gasteiger partial charge in [0.25, 0.3) is 0 Å². The average Bonchev–Trinajstić information content (AvgIpc) is 2.76. The third kappa shape index (κ3) is 3.90. The van der Waals surface area contributed by atoms with Crippen LogP contribution in [0, 0.1) is 0 Å². The number of phenolic OH excluding ortho intramolecular Hbond substituents is 4. The van der Waals surface area contributed by atoms with Crippen LogP contribution >= 0.6 is 0 Å². The second-order valence-electron chi connectivity index (χ2n) is 7.45. The summed E-state index contributed by atoms with van der Waals surface area (Å²) in [6.07, 6.45) is -8.40. The van der Waals surface area contributed by atoms with Crippen LogP contribution in [0.15, 0.2) is 39.5 Å². The van der Waals surface area contributed by atoms with Crippen molar-refractivity contribution in [3.05, 3.63) is 40.6 Å². The molecule has 0 saturated carbocycles. The van der Waals surface area contributed by atoms with Crippen molar-refractivity contribution in [3.8, 4) is 40.1 Å². The van der Waals surface area contributed by atoms with Crippen LogP contribution in [-0.4, -0.2) is 78.2 Å². The van der Waals surface area contributed by atoms with E-state index in [9.17, 15) is 45.6 Å². The van der Waals surface area contributed by atoms with Crippen molar-refractivity contribution < 1.29 is 54.7 Å². The Morgan fingerprint density at radius 2 is 1.61 bits per heavy atom. The molecule has 0 spiro atoms. The van der Waals surface area contributed by atoms with Gasteiger partial charge in [-0.05, 0) is 18.2 Å². The molecule has 1 saturated heterocycles. The van der Waals surface area contributed by atoms with Crippen LogP contribution in [0.25, 0.3) is 22.3 Å². The highest BCUT2D eigenvalue weighted by atomic mass is 16.7. The molecule has 1 aliphatic rings. The van der Waals surface area contributed by atoms with Crippen molar-refractivity contribution in [2.75, 3.05) is 6.61 Å². The predicted octanol–water partition coefficient (Wildman–Crippen LogP) is -0.539. The number of phenols is 4. The van der Waals surface area contributed by atoms with Crippen LogP contribution in [0.1, 0.15) is 0 Å². The largest absolute Gasteiger partial charge is 0.508 e. The highest BCUT2D eigenvalue weighted by molar-refractivity contribution is 5.88. The van der Waals surface area contributed by atoms with Crippen LogP contribution in [-0.2, 0) is 4.74 Å². The van der Waals surface area contributed by atoms with E-state index in [0.29, 0.717) is 0 Å². The second kappa shape index (κ2) is 8.42. The first-order valence-electron chi connectivity index (χ1n) is 9.64. The van der Waals surface area contributed by atoms with Crippen molar-refractivity contribution in [2.45, 2.75) is 30.7 Å². The topological polar surface area (TPSA) is 211 Å². The van der Waals surface area contributed by atoms with Gasteiger partial charge in [-0.1, -0.05) is 0 Å². The predicted molar refractivity (Wildman–Crippen MR) is 109 cm³/mol. The fourth-order valence-corrected chi connectivity index (χ4v) is 3.51. The van der Waals surface area contributed by atoms with E-state index in [1.54, 1.807) is 0 Å². The zero-order chi connectivity index (χ0) is 24.0. The van der Waals surface area contributed by atoms with Gasteiger partial charge in [0.1, 0.15) is 46.9 Å². The minimum atomic E-state index is -1.85. The van der Waals surface area contributed by atoms with Gasteiger partial charge in [0, 0.05) is 17.7 Å². The van der Waals surface area contributed by atoms with Crippen molar-refractivity contribution in [1.29, 1.82) is 0 Å². The second-order valence-corrected chi connectivity index (χ2v) is 7.45. The summed E-state index contributed by atoms with van der Waals surface area (Å²) < 4.78 is 16.5. The average molecular weight is 464 g/mol. The van der Waals surface area contributed by atoms with Crippen LogP contribution in [0.5, 0.6) is 28.7 Å². The molecule has 0 amide bonds. The molecule has 1 aromatic heterocycles. The Labute approximate surface area is 184 Å². The number of hydrogen-bond acceptors (Lipinski definition) is 12. The van der Waals surface area contributed by atoms with Crippen molar-refractivity contribution in [1.82, 2.24) is 0 Å². The first-order valence-corrected chi connectivity index (χ1v) is 9.64. The zero-order valence-corrected chi connectivity index (χ0v) is 16.7. The number of aliphatic hydroxyl groups is 4. The summed E-state index contributed by atoms with van der Waals surface area (Å²) >= 11 is 0. The lowest BCUT2D eigenvalue weighted by atomic mass is 9.99. The van der Waals surface area contributed by atoms with E-state index in [-0.39, 0.29) is 22.3 Å². The molecule has 176 valence electrons. The maximum Gasteiger partial charge on any atom is 0.239 e. The van der Waals surface area contributed by atoms with Crippen molar-refractivity contribution >= 4 is 11.0 Å². The van der Waals surface area contributed by atoms with Gasteiger partial charge < -0.3 is 54.7 Å². The normalized spacial score (nSPS) is 25.3. The van der Waals surface area contributed by atoms with Gasteiger partial charge in [0.05, 0.1) is 6.61 Å². The van der Waals surface area contributed by atoms with E-state index >= 15 is 0 Å². The van der Waals surface area contributed by atoms with E-state index in [1.165, 1.54) is 6.07 Å². The summed E-state index contributed by atoms with van der Waals surface area (Å²) in [6.45, 7) is -0.740. The van der Waals surface area contributed by atoms with E-state index in [2.05, 4.69) is 0 Å². The lowest BCUT2D eigenvalue weighted by Gasteiger charge is -2.39. The standard InChI is InChI=1S/C21H20O12/c22-6-13-15(27)17(29)18(30)21(32-13)33-20-16(28)14-11(26)4-8(23)5-12(14)31-19(20)7-1-2-9(24)10(25)3-7/h1-5,13,15,17-18,21-27,29-30H,6H2/t13-,15-,17+,18-,21?/m1/s1. The number of aliphatic hydroxyl groups excluding tert-OH is 4. The van der Waals surface area contributed by atoms with Crippen molar-refractivity contribution in [2.24, 2.45) is 0 Å². The molecule has 8 N–H and O–H groups in total. The molecule has 0 aliphatic carbocycles. The van der Waals surface area contributed by atoms with Crippen LogP contribution < -0.4 is 10.2 Å². The number of ether oxygens (including phenoxy) is 2. The molecule has 4 rings (SSSR count). The number of hydrogen-bond donors (Lipinski definition) is 8. The van der Waals surface area contributed by atoms with E-state index < -0.39 is 71.5 Å². The van der Waals surface area contributed by atoms with Gasteiger partial charge >= 0.3 is 0 Å². The molecule has 1 fully saturated rings. The summed E-state index contributed by atoms with van der Waals surface area (Å²) in [6, 6.07) is 5.36. The lowest BCUT2D eigenvalue weighted by molar-refractivity contribution is -0.277. The Kier molecular flexibility index (Phi) is 5.78. The van der Waals surface area contributed by atoms with E-state index in [4.69, 9.17) is 13.9 Å². The van der Waals surface area contributed by atoms with E-state index in [0.717, 1.165) is 24.3 Å². The quantitative estimate of drug-likeness (QED) is 0.229. The molecule has 33 heavy (non-hydrogen) atoms. The molecule has 0 radical (unpaired) electrons. The van der Waals surface area contributed by atoms with Crippen LogP contribution in [0.2, 0.25) is 0 Å². The number of benzene rings is 2. The molecule has 12 heteroatoms. The number of fused-ring (bicyclic) bond motifs is 1. The smallest absolute Gasteiger partial charge is 0.239 e. The Hall–Kier alpha value is -3.55. The highest BCUT2D eigenvalue weighted by Gasteiger charge is 2.45. The molecule has 5 atom stereocenters. The maximum atomic E-state index is 13.2. The van der Waals surface area contributed by atoms with Gasteiger partial charge in [-0.25, -0.2) is 0 Å². The summed E-state index contributed by atoms with van der Waals surface area (Å²) in [5.74, 6) is -3.05. The molecule has 1 aliphatic heterocycles. The highest BCUT2D eigenvalue weighted by Crippen LogP contribution is 2.39. The van der Waals surface area contributed by atoms with Gasteiger partial charge in [-0.2, -0.15) is 0 Å². The van der Waals surface area contributed by atoms with Gasteiger partial charge in [0.15, 0.2) is 17.3 Å². The number of rotatable bonds is 4. The molecule has 0 bridgehead atoms. The Balaban J connectivity index is 1.91. The third-order valence-corrected chi connectivity index (χ3v) is 5.24. The first kappa shape index (κ1) is 22.6. The van der Waals surface area contributed by atoms with Crippen LogP contribution in [0.4, 0.5) is 0 Å². The minimum Gasteiger partial charge on any atom is -0.508 e. The third-order valence-electron chi connectivity index (χ3n) is 5.24. The SMILES string of the molecule is O=c1c(OC2O[C@H](CO)[C@@H](O)[C@H](O)[C@H]2O)c(-c2ccc(O)c(O)c2)oc2cc(O)cc(O)c12. The van der Waals surface area contributed by atoms with Gasteiger partial charge in [-0.3, -0.25) is 4.79 Å². The van der Waals surface area contributed by atoms with E-state index in [1.807, 2.05) is 0 Å². The Morgan fingerprint density at radius 3 is 2.27 bits per heavy atom. The summed E-state index contributed by atoms with van der Waals surface area (Å²) in [4.78, 5) is 13.2. The van der Waals surface area contributed by atoms with Crippen LogP contribution in [0.3, 0.4) is 0 Å². The van der Waals surface area contributed by atoms with Crippen molar-refractivity contribution in [3.63, 3.8) is 0 Å². The molecule has 1 unspecified atom stereocenters. The molecule has 2 aromatic carbocycles. The molecule has 2 heterocycles. The monoisotopic (exact) mass is 464 g/mol. The molecule has 12 nitrogen and oxygen atoms in total. The first-order chi connectivity index (χ1) is 15.6. The number of aromatic hydroxyl groups is 4. The van der Waals surface area contributed by atoms with Gasteiger partial charge in [-0.15, -0.1) is 0 Å². The summed E-state index contributed by atoms with van der Waals surface area (Å²) in [5.41, 5.74) is -1.19. The summed E-state index contributed by atoms with van der Waals surface area (Å²) in [5, 5.41) is 78.7. The molecular weight excluding hydrogens is 444 g/mol. The fraction of sp³-hybridized carbons (Fsp3) is 0.286. The Bertz CT molecular complexity index is 1250. The molecule has 3 aromatic rings. The molecular formula is C21H20O12. The zero-order valence-electron chi connectivity index (χ0n) is 16.7. The Morgan fingerprint density at radius 1 is 0.879 bits per heavy atom.